The Morgan fingerprint density at radius 2 is 2.40 bits per heavy atom. The smallest absolute Gasteiger partial charge is 0.221 e. The van der Waals surface area contributed by atoms with Gasteiger partial charge >= 0.3 is 0 Å². The van der Waals surface area contributed by atoms with Gasteiger partial charge in [-0.3, -0.25) is 4.79 Å². The Morgan fingerprint density at radius 3 is 2.80 bits per heavy atom. The number of rotatable bonds is 0. The molecule has 10 heavy (non-hydrogen) atoms. The summed E-state index contributed by atoms with van der Waals surface area (Å²) in [5.41, 5.74) is -0.435. The highest BCUT2D eigenvalue weighted by Gasteiger charge is 2.35. The van der Waals surface area contributed by atoms with Crippen LogP contribution >= 0.6 is 23.2 Å². The fourth-order valence-corrected chi connectivity index (χ4v) is 1.23. The van der Waals surface area contributed by atoms with Crippen LogP contribution in [0.15, 0.2) is 0 Å². The molecule has 1 aliphatic heterocycles. The molecule has 1 rings (SSSR count). The van der Waals surface area contributed by atoms with Crippen molar-refractivity contribution < 1.29 is 4.79 Å². The van der Waals surface area contributed by atoms with E-state index in [2.05, 4.69) is 5.32 Å². The maximum Gasteiger partial charge on any atom is 0.221 e. The average Bonchev–Trinajstić information content (AvgIpc) is 1.81. The summed E-state index contributed by atoms with van der Waals surface area (Å²) in [6.07, 6.45) is 1.12. The molecule has 1 saturated heterocycles. The van der Waals surface area contributed by atoms with Gasteiger partial charge in [-0.2, -0.15) is 0 Å². The van der Waals surface area contributed by atoms with Crippen molar-refractivity contribution in [1.29, 1.82) is 0 Å². The first-order valence-corrected chi connectivity index (χ1v) is 3.96. The van der Waals surface area contributed by atoms with E-state index in [9.17, 15) is 4.79 Å². The topological polar surface area (TPSA) is 29.1 Å². The van der Waals surface area contributed by atoms with E-state index in [-0.39, 0.29) is 5.91 Å². The van der Waals surface area contributed by atoms with Crippen molar-refractivity contribution in [3.8, 4) is 0 Å². The second kappa shape index (κ2) is 2.59. The van der Waals surface area contributed by atoms with Gasteiger partial charge in [0, 0.05) is 6.42 Å². The van der Waals surface area contributed by atoms with Crippen LogP contribution in [0, 0.1) is 0 Å². The van der Waals surface area contributed by atoms with Crippen LogP contribution in [-0.4, -0.2) is 16.3 Å². The minimum Gasteiger partial charge on any atom is -0.338 e. The van der Waals surface area contributed by atoms with Crippen LogP contribution < -0.4 is 5.32 Å². The van der Waals surface area contributed by atoms with Gasteiger partial charge < -0.3 is 5.32 Å². The molecule has 0 aliphatic carbocycles. The van der Waals surface area contributed by atoms with Crippen molar-refractivity contribution in [2.45, 2.75) is 30.1 Å². The summed E-state index contributed by atoms with van der Waals surface area (Å²) in [6.45, 7) is 1.83. The minimum absolute atomic E-state index is 0.0156. The Hall–Kier alpha value is 0.0500. The zero-order valence-corrected chi connectivity index (χ0v) is 7.17. The first kappa shape index (κ1) is 8.15. The Balaban J connectivity index is 2.60. The Kier molecular flexibility index (Phi) is 2.11. The summed E-state index contributed by atoms with van der Waals surface area (Å²) < 4.78 is 0. The first-order valence-electron chi connectivity index (χ1n) is 3.15. The number of hydrogen-bond acceptors (Lipinski definition) is 1. The van der Waals surface area contributed by atoms with Gasteiger partial charge in [-0.15, -0.1) is 11.6 Å². The molecular formula is C6H9Cl2NO. The quantitative estimate of drug-likeness (QED) is 0.446. The van der Waals surface area contributed by atoms with Crippen LogP contribution in [0.4, 0.5) is 0 Å². The van der Waals surface area contributed by atoms with Crippen molar-refractivity contribution in [3.05, 3.63) is 0 Å². The number of amides is 1. The van der Waals surface area contributed by atoms with Gasteiger partial charge in [-0.25, -0.2) is 0 Å². The molecule has 4 heteroatoms. The fraction of sp³-hybridized carbons (Fsp3) is 0.833. The standard InChI is InChI=1S/C6H9Cl2NO/c1-6(8)3-2-4(10)9-5(6)7/h5H,2-3H2,1H3,(H,9,10). The molecule has 0 spiro atoms. The Bertz CT molecular complexity index is 158. The van der Waals surface area contributed by atoms with E-state index in [1.54, 1.807) is 0 Å². The second-order valence-electron chi connectivity index (χ2n) is 2.71. The number of carbonyl (C=O) groups excluding carboxylic acids is 1. The third kappa shape index (κ3) is 1.55. The van der Waals surface area contributed by atoms with Gasteiger partial charge in [0.25, 0.3) is 0 Å². The van der Waals surface area contributed by atoms with E-state index in [0.717, 1.165) is 0 Å². The second-order valence-corrected chi connectivity index (χ2v) is 4.01. The Morgan fingerprint density at radius 1 is 1.80 bits per heavy atom. The van der Waals surface area contributed by atoms with Crippen LogP contribution in [0.2, 0.25) is 0 Å². The number of nitrogens with one attached hydrogen (secondary N) is 1. The molecule has 0 aromatic rings. The van der Waals surface area contributed by atoms with Gasteiger partial charge in [0.15, 0.2) is 0 Å². The number of piperidine rings is 1. The molecule has 1 aliphatic rings. The van der Waals surface area contributed by atoms with Gasteiger partial charge in [0.2, 0.25) is 5.91 Å². The highest BCUT2D eigenvalue weighted by atomic mass is 35.5. The lowest BCUT2D eigenvalue weighted by molar-refractivity contribution is -0.123. The molecule has 0 aromatic heterocycles. The fourth-order valence-electron chi connectivity index (χ4n) is 0.849. The molecule has 58 valence electrons. The van der Waals surface area contributed by atoms with Gasteiger partial charge in [-0.1, -0.05) is 11.6 Å². The third-order valence-electron chi connectivity index (χ3n) is 1.66. The van der Waals surface area contributed by atoms with Crippen molar-refractivity contribution in [3.63, 3.8) is 0 Å². The van der Waals surface area contributed by atoms with Crippen LogP contribution in [0.3, 0.4) is 0 Å². The molecule has 0 bridgehead atoms. The summed E-state index contributed by atoms with van der Waals surface area (Å²) in [7, 11) is 0. The molecule has 0 aromatic carbocycles. The van der Waals surface area contributed by atoms with Gasteiger partial charge in [-0.05, 0) is 13.3 Å². The molecule has 2 unspecified atom stereocenters. The van der Waals surface area contributed by atoms with E-state index in [1.165, 1.54) is 0 Å². The van der Waals surface area contributed by atoms with Crippen LogP contribution in [0.25, 0.3) is 0 Å². The molecule has 2 nitrogen and oxygen atoms in total. The highest BCUT2D eigenvalue weighted by molar-refractivity contribution is 6.33. The molecule has 1 fully saturated rings. The van der Waals surface area contributed by atoms with E-state index in [1.807, 2.05) is 6.92 Å². The molecule has 0 saturated carbocycles. The number of hydrogen-bond donors (Lipinski definition) is 1. The molecule has 1 heterocycles. The van der Waals surface area contributed by atoms with Crippen LogP contribution in [-0.2, 0) is 4.79 Å². The molecule has 1 amide bonds. The predicted molar refractivity (Wildman–Crippen MR) is 41.3 cm³/mol. The lowest BCUT2D eigenvalue weighted by Crippen LogP contribution is -2.48. The largest absolute Gasteiger partial charge is 0.338 e. The maximum atomic E-state index is 10.7. The number of halogens is 2. The highest BCUT2D eigenvalue weighted by Crippen LogP contribution is 2.30. The van der Waals surface area contributed by atoms with Crippen molar-refractivity contribution >= 4 is 29.1 Å². The molecule has 2 atom stereocenters. The minimum atomic E-state index is -0.477. The third-order valence-corrected chi connectivity index (χ3v) is 2.77. The van der Waals surface area contributed by atoms with E-state index in [0.29, 0.717) is 12.8 Å². The number of alkyl halides is 2. The predicted octanol–water partition coefficient (Wildman–Crippen LogP) is 1.46. The summed E-state index contributed by atoms with van der Waals surface area (Å²) in [5, 5.41) is 2.56. The monoisotopic (exact) mass is 181 g/mol. The molecule has 1 N–H and O–H groups in total. The number of carbonyl (C=O) groups is 1. The summed E-state index contributed by atoms with van der Waals surface area (Å²) in [6, 6.07) is 0. The van der Waals surface area contributed by atoms with E-state index >= 15 is 0 Å². The lowest BCUT2D eigenvalue weighted by atomic mass is 10.0. The van der Waals surface area contributed by atoms with Gasteiger partial charge in [0.1, 0.15) is 5.50 Å². The zero-order chi connectivity index (χ0) is 7.78. The molecular weight excluding hydrogens is 173 g/mol. The summed E-state index contributed by atoms with van der Waals surface area (Å²) in [5.74, 6) is -0.0156. The maximum absolute atomic E-state index is 10.7. The zero-order valence-electron chi connectivity index (χ0n) is 5.66. The summed E-state index contributed by atoms with van der Waals surface area (Å²) >= 11 is 11.7. The van der Waals surface area contributed by atoms with E-state index in [4.69, 9.17) is 23.2 Å². The van der Waals surface area contributed by atoms with Crippen LogP contribution in [0.5, 0.6) is 0 Å². The summed E-state index contributed by atoms with van der Waals surface area (Å²) in [4.78, 5) is 10.2. The Labute approximate surface area is 69.9 Å². The van der Waals surface area contributed by atoms with E-state index < -0.39 is 10.4 Å². The van der Waals surface area contributed by atoms with Crippen LogP contribution in [0.1, 0.15) is 19.8 Å². The van der Waals surface area contributed by atoms with Crippen molar-refractivity contribution in [2.24, 2.45) is 0 Å². The molecule has 0 radical (unpaired) electrons. The van der Waals surface area contributed by atoms with Gasteiger partial charge in [0.05, 0.1) is 4.87 Å². The SMILES string of the molecule is CC1(Cl)CCC(=O)NC1Cl. The lowest BCUT2D eigenvalue weighted by Gasteiger charge is -2.32. The first-order chi connectivity index (χ1) is 4.52. The normalized spacial score (nSPS) is 41.1. The average molecular weight is 182 g/mol. The van der Waals surface area contributed by atoms with Crippen molar-refractivity contribution in [2.75, 3.05) is 0 Å². The van der Waals surface area contributed by atoms with Crippen molar-refractivity contribution in [1.82, 2.24) is 5.32 Å².